The molecule has 2 nitrogen and oxygen atoms in total. The van der Waals surface area contributed by atoms with E-state index in [1.54, 1.807) is 6.07 Å². The number of hydrogen-bond donors (Lipinski definition) is 1. The van der Waals surface area contributed by atoms with Crippen molar-refractivity contribution in [3.05, 3.63) is 47.8 Å². The van der Waals surface area contributed by atoms with Crippen LogP contribution in [0.5, 0.6) is 0 Å². The molecule has 1 N–H and O–H groups in total. The van der Waals surface area contributed by atoms with Crippen molar-refractivity contribution in [2.75, 3.05) is 0 Å². The lowest BCUT2D eigenvalue weighted by Gasteiger charge is -2.04. The van der Waals surface area contributed by atoms with Gasteiger partial charge >= 0.3 is 5.97 Å². The predicted octanol–water partition coefficient (Wildman–Crippen LogP) is 3.00. The lowest BCUT2D eigenvalue weighted by atomic mass is 10.0. The third-order valence-electron chi connectivity index (χ3n) is 2.52. The largest absolute Gasteiger partial charge is 0.481 e. The van der Waals surface area contributed by atoms with Gasteiger partial charge in [-0.05, 0) is 34.9 Å². The summed E-state index contributed by atoms with van der Waals surface area (Å²) in [6, 6.07) is 10.6. The van der Waals surface area contributed by atoms with Gasteiger partial charge in [0.25, 0.3) is 0 Å². The van der Waals surface area contributed by atoms with Crippen LogP contribution in [0, 0.1) is 5.82 Å². The molecular weight excluding hydrogens is 207 g/mol. The molecule has 0 aromatic heterocycles. The summed E-state index contributed by atoms with van der Waals surface area (Å²) in [7, 11) is 0. The maximum Gasteiger partial charge on any atom is 0.303 e. The van der Waals surface area contributed by atoms with E-state index in [4.69, 9.17) is 5.11 Å². The third-order valence-corrected chi connectivity index (χ3v) is 2.52. The molecule has 0 unspecified atom stereocenters. The Bertz CT molecular complexity index is 534. The molecular formula is C13H11FO2. The molecule has 0 atom stereocenters. The molecule has 16 heavy (non-hydrogen) atoms. The zero-order valence-electron chi connectivity index (χ0n) is 8.61. The lowest BCUT2D eigenvalue weighted by Crippen LogP contribution is -1.99. The maximum absolute atomic E-state index is 13.6. The van der Waals surface area contributed by atoms with Crippen molar-refractivity contribution in [1.29, 1.82) is 0 Å². The molecule has 0 radical (unpaired) electrons. The fourth-order valence-corrected chi connectivity index (χ4v) is 1.69. The van der Waals surface area contributed by atoms with Gasteiger partial charge in [0.05, 0.1) is 0 Å². The van der Waals surface area contributed by atoms with Crippen LogP contribution in [0.4, 0.5) is 4.39 Å². The van der Waals surface area contributed by atoms with Crippen LogP contribution in [0.15, 0.2) is 36.4 Å². The molecule has 0 amide bonds. The fourth-order valence-electron chi connectivity index (χ4n) is 1.69. The maximum atomic E-state index is 13.6. The summed E-state index contributed by atoms with van der Waals surface area (Å²) in [4.78, 5) is 10.4. The van der Waals surface area contributed by atoms with Crippen molar-refractivity contribution in [3.8, 4) is 0 Å². The summed E-state index contributed by atoms with van der Waals surface area (Å²) in [5.74, 6) is -1.24. The average Bonchev–Trinajstić information content (AvgIpc) is 2.26. The van der Waals surface area contributed by atoms with Crippen LogP contribution in [0.3, 0.4) is 0 Å². The van der Waals surface area contributed by atoms with Gasteiger partial charge in [0.2, 0.25) is 0 Å². The SMILES string of the molecule is O=C(O)CCc1cc2ccccc2cc1F. The van der Waals surface area contributed by atoms with E-state index in [0.29, 0.717) is 5.56 Å². The van der Waals surface area contributed by atoms with Gasteiger partial charge in [0, 0.05) is 6.42 Å². The summed E-state index contributed by atoms with van der Waals surface area (Å²) in [6.07, 6.45) is 0.182. The molecule has 2 aromatic carbocycles. The van der Waals surface area contributed by atoms with Crippen LogP contribution in [0.25, 0.3) is 10.8 Å². The molecule has 0 aliphatic heterocycles. The van der Waals surface area contributed by atoms with Crippen molar-refractivity contribution < 1.29 is 14.3 Å². The lowest BCUT2D eigenvalue weighted by molar-refractivity contribution is -0.136. The van der Waals surface area contributed by atoms with Crippen molar-refractivity contribution in [2.45, 2.75) is 12.8 Å². The van der Waals surface area contributed by atoms with Crippen LogP contribution in [-0.4, -0.2) is 11.1 Å². The number of carbonyl (C=O) groups is 1. The molecule has 82 valence electrons. The molecule has 2 aromatic rings. The van der Waals surface area contributed by atoms with Gasteiger partial charge in [-0.3, -0.25) is 4.79 Å². The van der Waals surface area contributed by atoms with Crippen LogP contribution >= 0.6 is 0 Å². The van der Waals surface area contributed by atoms with Crippen molar-refractivity contribution in [2.24, 2.45) is 0 Å². The predicted molar refractivity (Wildman–Crippen MR) is 59.9 cm³/mol. The number of benzene rings is 2. The number of aryl methyl sites for hydroxylation is 1. The molecule has 2 rings (SSSR count). The Morgan fingerprint density at radius 2 is 1.81 bits per heavy atom. The summed E-state index contributed by atoms with van der Waals surface area (Å²) < 4.78 is 13.6. The zero-order valence-corrected chi connectivity index (χ0v) is 8.61. The van der Waals surface area contributed by atoms with E-state index in [2.05, 4.69) is 0 Å². The van der Waals surface area contributed by atoms with Gasteiger partial charge in [-0.25, -0.2) is 4.39 Å². The second kappa shape index (κ2) is 4.31. The second-order valence-electron chi connectivity index (χ2n) is 3.68. The first-order chi connectivity index (χ1) is 7.66. The number of carboxylic acids is 1. The number of hydrogen-bond acceptors (Lipinski definition) is 1. The highest BCUT2D eigenvalue weighted by Crippen LogP contribution is 2.20. The van der Waals surface area contributed by atoms with Crippen molar-refractivity contribution in [3.63, 3.8) is 0 Å². The minimum atomic E-state index is -0.910. The van der Waals surface area contributed by atoms with E-state index in [9.17, 15) is 9.18 Å². The first-order valence-corrected chi connectivity index (χ1v) is 5.06. The monoisotopic (exact) mass is 218 g/mol. The molecule has 0 heterocycles. The Morgan fingerprint density at radius 1 is 1.19 bits per heavy atom. The highest BCUT2D eigenvalue weighted by atomic mass is 19.1. The van der Waals surface area contributed by atoms with E-state index in [-0.39, 0.29) is 18.7 Å². The number of rotatable bonds is 3. The van der Waals surface area contributed by atoms with Gasteiger partial charge in [0.15, 0.2) is 0 Å². The number of carboxylic acid groups (broad SMARTS) is 1. The molecule has 0 aliphatic rings. The van der Waals surface area contributed by atoms with E-state index >= 15 is 0 Å². The van der Waals surface area contributed by atoms with E-state index in [0.717, 1.165) is 10.8 Å². The third kappa shape index (κ3) is 2.19. The van der Waals surface area contributed by atoms with Gasteiger partial charge < -0.3 is 5.11 Å². The molecule has 0 bridgehead atoms. The zero-order chi connectivity index (χ0) is 11.5. The normalized spacial score (nSPS) is 10.6. The molecule has 0 spiro atoms. The standard InChI is InChI=1S/C13H11FO2/c14-12-8-10-4-2-1-3-9(10)7-11(12)5-6-13(15)16/h1-4,7-8H,5-6H2,(H,15,16). The Morgan fingerprint density at radius 3 is 2.44 bits per heavy atom. The summed E-state index contributed by atoms with van der Waals surface area (Å²) >= 11 is 0. The van der Waals surface area contributed by atoms with Gasteiger partial charge in [-0.2, -0.15) is 0 Å². The average molecular weight is 218 g/mol. The van der Waals surface area contributed by atoms with Crippen LogP contribution < -0.4 is 0 Å². The molecule has 0 saturated carbocycles. The fraction of sp³-hybridized carbons (Fsp3) is 0.154. The highest BCUT2D eigenvalue weighted by Gasteiger charge is 2.06. The molecule has 0 saturated heterocycles. The Labute approximate surface area is 92.3 Å². The Balaban J connectivity index is 2.38. The van der Waals surface area contributed by atoms with E-state index < -0.39 is 5.97 Å². The van der Waals surface area contributed by atoms with E-state index in [1.807, 2.05) is 24.3 Å². The second-order valence-corrected chi connectivity index (χ2v) is 3.68. The summed E-state index contributed by atoms with van der Waals surface area (Å²) in [6.45, 7) is 0. The first kappa shape index (κ1) is 10.6. The Kier molecular flexibility index (Phi) is 2.86. The minimum Gasteiger partial charge on any atom is -0.481 e. The van der Waals surface area contributed by atoms with Crippen LogP contribution in [-0.2, 0) is 11.2 Å². The van der Waals surface area contributed by atoms with E-state index in [1.165, 1.54) is 6.07 Å². The number of halogens is 1. The minimum absolute atomic E-state index is 0.0464. The molecule has 0 fully saturated rings. The topological polar surface area (TPSA) is 37.3 Å². The van der Waals surface area contributed by atoms with Gasteiger partial charge in [-0.1, -0.05) is 24.3 Å². The van der Waals surface area contributed by atoms with Crippen LogP contribution in [0.2, 0.25) is 0 Å². The quantitative estimate of drug-likeness (QED) is 0.859. The van der Waals surface area contributed by atoms with Gasteiger partial charge in [0.1, 0.15) is 5.82 Å². The highest BCUT2D eigenvalue weighted by molar-refractivity contribution is 5.83. The Hall–Kier alpha value is -1.90. The van der Waals surface area contributed by atoms with Crippen molar-refractivity contribution in [1.82, 2.24) is 0 Å². The van der Waals surface area contributed by atoms with Crippen molar-refractivity contribution >= 4 is 16.7 Å². The van der Waals surface area contributed by atoms with Crippen LogP contribution in [0.1, 0.15) is 12.0 Å². The summed E-state index contributed by atoms with van der Waals surface area (Å²) in [5.41, 5.74) is 0.459. The molecule has 3 heteroatoms. The number of fused-ring (bicyclic) bond motifs is 1. The first-order valence-electron chi connectivity index (χ1n) is 5.06. The summed E-state index contributed by atoms with van der Waals surface area (Å²) in [5, 5.41) is 10.3. The van der Waals surface area contributed by atoms with Gasteiger partial charge in [-0.15, -0.1) is 0 Å². The molecule has 0 aliphatic carbocycles. The smallest absolute Gasteiger partial charge is 0.303 e. The number of aliphatic carboxylic acids is 1.